The highest BCUT2D eigenvalue weighted by molar-refractivity contribution is 7.88. The van der Waals surface area contributed by atoms with Crippen molar-refractivity contribution in [2.24, 2.45) is 7.05 Å². The minimum absolute atomic E-state index is 0.117. The zero-order valence-electron chi connectivity index (χ0n) is 17.6. The fourth-order valence-corrected chi connectivity index (χ4v) is 5.53. The van der Waals surface area contributed by atoms with Crippen molar-refractivity contribution in [3.63, 3.8) is 0 Å². The highest BCUT2D eigenvalue weighted by atomic mass is 32.2. The number of sulfonamides is 1. The Labute approximate surface area is 178 Å². The van der Waals surface area contributed by atoms with Gasteiger partial charge < -0.3 is 9.64 Å². The van der Waals surface area contributed by atoms with Crippen LogP contribution in [0.4, 0.5) is 5.95 Å². The molecule has 164 valence electrons. The SMILES string of the molecule is Cn1cnc(N2CCC(NS(C)(=O)=O)C2COC2CCC(c3ccccc3)CC2)n1. The van der Waals surface area contributed by atoms with Crippen LogP contribution in [0.1, 0.15) is 43.6 Å². The van der Waals surface area contributed by atoms with Crippen molar-refractivity contribution in [2.75, 3.05) is 24.3 Å². The first-order chi connectivity index (χ1) is 14.4. The van der Waals surface area contributed by atoms with Gasteiger partial charge in [-0.3, -0.25) is 4.68 Å². The van der Waals surface area contributed by atoms with E-state index >= 15 is 0 Å². The summed E-state index contributed by atoms with van der Waals surface area (Å²) in [7, 11) is -1.47. The van der Waals surface area contributed by atoms with Gasteiger partial charge in [0.2, 0.25) is 16.0 Å². The van der Waals surface area contributed by atoms with E-state index in [1.807, 2.05) is 7.05 Å². The molecule has 1 saturated heterocycles. The molecule has 2 atom stereocenters. The molecule has 2 heterocycles. The topological polar surface area (TPSA) is 89.4 Å². The van der Waals surface area contributed by atoms with Crippen molar-refractivity contribution in [3.8, 4) is 0 Å². The molecule has 4 rings (SSSR count). The third-order valence-corrected chi connectivity index (χ3v) is 6.93. The molecule has 2 unspecified atom stereocenters. The smallest absolute Gasteiger partial charge is 0.245 e. The second-order valence-electron chi connectivity index (χ2n) is 8.48. The lowest BCUT2D eigenvalue weighted by Crippen LogP contribution is -2.48. The number of anilines is 1. The molecule has 1 N–H and O–H groups in total. The van der Waals surface area contributed by atoms with Gasteiger partial charge in [0.05, 0.1) is 25.0 Å². The van der Waals surface area contributed by atoms with Crippen LogP contribution in [-0.4, -0.2) is 60.8 Å². The first kappa shape index (κ1) is 21.3. The summed E-state index contributed by atoms with van der Waals surface area (Å²) in [5.74, 6) is 1.23. The van der Waals surface area contributed by atoms with Gasteiger partial charge in [0.1, 0.15) is 6.33 Å². The van der Waals surface area contributed by atoms with Gasteiger partial charge in [-0.25, -0.2) is 18.1 Å². The van der Waals surface area contributed by atoms with Crippen LogP contribution in [0.15, 0.2) is 36.7 Å². The van der Waals surface area contributed by atoms with Crippen molar-refractivity contribution in [1.29, 1.82) is 0 Å². The first-order valence-electron chi connectivity index (χ1n) is 10.6. The number of nitrogens with one attached hydrogen (secondary N) is 1. The highest BCUT2D eigenvalue weighted by Crippen LogP contribution is 2.34. The molecule has 8 nitrogen and oxygen atoms in total. The van der Waals surface area contributed by atoms with E-state index in [1.165, 1.54) is 11.8 Å². The van der Waals surface area contributed by atoms with Gasteiger partial charge in [0.25, 0.3) is 0 Å². The number of aromatic nitrogens is 3. The fourth-order valence-electron chi connectivity index (χ4n) is 4.70. The summed E-state index contributed by atoms with van der Waals surface area (Å²) in [5, 5.41) is 4.41. The van der Waals surface area contributed by atoms with E-state index in [-0.39, 0.29) is 18.2 Å². The molecule has 1 aliphatic heterocycles. The lowest BCUT2D eigenvalue weighted by molar-refractivity contribution is 0.0155. The zero-order valence-corrected chi connectivity index (χ0v) is 18.5. The number of ether oxygens (including phenoxy) is 1. The monoisotopic (exact) mass is 433 g/mol. The van der Waals surface area contributed by atoms with Crippen LogP contribution in [0.25, 0.3) is 0 Å². The van der Waals surface area contributed by atoms with Gasteiger partial charge in [-0.2, -0.15) is 0 Å². The maximum Gasteiger partial charge on any atom is 0.245 e. The zero-order chi connectivity index (χ0) is 21.1. The molecular formula is C21H31N5O3S. The Morgan fingerprint density at radius 2 is 1.87 bits per heavy atom. The van der Waals surface area contributed by atoms with Gasteiger partial charge >= 0.3 is 0 Å². The largest absolute Gasteiger partial charge is 0.376 e. The number of rotatable bonds is 7. The summed E-state index contributed by atoms with van der Waals surface area (Å²) in [6.45, 7) is 1.16. The van der Waals surface area contributed by atoms with Crippen molar-refractivity contribution >= 4 is 16.0 Å². The standard InChI is InChI=1S/C21H31N5O3S/c1-25-15-22-21(23-25)26-13-12-19(24-30(2,27)28)20(26)14-29-18-10-8-17(9-11-18)16-6-4-3-5-7-16/h3-7,15,17-20,24H,8-14H2,1-2H3. The predicted octanol–water partition coefficient (Wildman–Crippen LogP) is 2.05. The maximum atomic E-state index is 11.9. The summed E-state index contributed by atoms with van der Waals surface area (Å²) >= 11 is 0. The normalized spacial score (nSPS) is 27.5. The number of nitrogens with zero attached hydrogens (tertiary/aromatic N) is 4. The molecule has 1 aromatic heterocycles. The van der Waals surface area contributed by atoms with E-state index < -0.39 is 10.0 Å². The lowest BCUT2D eigenvalue weighted by Gasteiger charge is -2.32. The number of hydrogen-bond acceptors (Lipinski definition) is 6. The minimum Gasteiger partial charge on any atom is -0.376 e. The second kappa shape index (κ2) is 9.03. The number of benzene rings is 1. The van der Waals surface area contributed by atoms with Crippen LogP contribution < -0.4 is 9.62 Å². The van der Waals surface area contributed by atoms with Crippen molar-refractivity contribution in [2.45, 2.75) is 56.2 Å². The Morgan fingerprint density at radius 1 is 1.13 bits per heavy atom. The van der Waals surface area contributed by atoms with Crippen LogP contribution in [0.5, 0.6) is 0 Å². The summed E-state index contributed by atoms with van der Waals surface area (Å²) in [6, 6.07) is 10.4. The van der Waals surface area contributed by atoms with Crippen LogP contribution in [0.2, 0.25) is 0 Å². The Balaban J connectivity index is 1.37. The molecule has 0 radical (unpaired) electrons. The molecule has 2 fully saturated rings. The number of hydrogen-bond donors (Lipinski definition) is 1. The third kappa shape index (κ3) is 5.19. The van der Waals surface area contributed by atoms with Gasteiger partial charge in [0, 0.05) is 19.6 Å². The molecule has 0 bridgehead atoms. The number of aryl methyl sites for hydroxylation is 1. The van der Waals surface area contributed by atoms with Crippen molar-refractivity contribution in [1.82, 2.24) is 19.5 Å². The molecule has 0 amide bonds. The Morgan fingerprint density at radius 3 is 2.50 bits per heavy atom. The Bertz CT molecular complexity index is 925. The van der Waals surface area contributed by atoms with Crippen LogP contribution in [0, 0.1) is 0 Å². The summed E-state index contributed by atoms with van der Waals surface area (Å²) in [5.41, 5.74) is 1.41. The average Bonchev–Trinajstić information content (AvgIpc) is 3.32. The molecule has 30 heavy (non-hydrogen) atoms. The first-order valence-corrected chi connectivity index (χ1v) is 12.5. The van der Waals surface area contributed by atoms with Crippen LogP contribution >= 0.6 is 0 Å². The van der Waals surface area contributed by atoms with E-state index in [2.05, 4.69) is 50.0 Å². The van der Waals surface area contributed by atoms with Crippen LogP contribution in [0.3, 0.4) is 0 Å². The van der Waals surface area contributed by atoms with E-state index in [1.54, 1.807) is 11.0 Å². The average molecular weight is 434 g/mol. The molecule has 0 spiro atoms. The summed E-state index contributed by atoms with van der Waals surface area (Å²) < 4.78 is 34.5. The molecule has 2 aromatic rings. The molecule has 1 aliphatic carbocycles. The van der Waals surface area contributed by atoms with E-state index in [4.69, 9.17) is 4.74 Å². The highest BCUT2D eigenvalue weighted by Gasteiger charge is 2.38. The molecule has 9 heteroatoms. The quantitative estimate of drug-likeness (QED) is 0.719. The van der Waals surface area contributed by atoms with Crippen LogP contribution in [-0.2, 0) is 21.8 Å². The van der Waals surface area contributed by atoms with Gasteiger partial charge in [-0.1, -0.05) is 30.3 Å². The van der Waals surface area contributed by atoms with Crippen molar-refractivity contribution < 1.29 is 13.2 Å². The lowest BCUT2D eigenvalue weighted by atomic mass is 9.83. The second-order valence-corrected chi connectivity index (χ2v) is 10.3. The Hall–Kier alpha value is -1.97. The molecule has 1 aromatic carbocycles. The van der Waals surface area contributed by atoms with Gasteiger partial charge in [0.15, 0.2) is 0 Å². The molecule has 2 aliphatic rings. The predicted molar refractivity (Wildman–Crippen MR) is 116 cm³/mol. The summed E-state index contributed by atoms with van der Waals surface area (Å²) in [6.07, 6.45) is 8.08. The van der Waals surface area contributed by atoms with Crippen molar-refractivity contribution in [3.05, 3.63) is 42.2 Å². The Kier molecular flexibility index (Phi) is 6.40. The fraction of sp³-hybridized carbons (Fsp3) is 0.619. The van der Waals surface area contributed by atoms with Gasteiger partial charge in [-0.15, -0.1) is 5.10 Å². The van der Waals surface area contributed by atoms with E-state index in [0.29, 0.717) is 31.4 Å². The molecule has 1 saturated carbocycles. The maximum absolute atomic E-state index is 11.9. The van der Waals surface area contributed by atoms with E-state index in [0.717, 1.165) is 25.7 Å². The molecular weight excluding hydrogens is 402 g/mol. The summed E-state index contributed by atoms with van der Waals surface area (Å²) in [4.78, 5) is 6.43. The minimum atomic E-state index is -3.30. The van der Waals surface area contributed by atoms with E-state index in [9.17, 15) is 8.42 Å². The third-order valence-electron chi connectivity index (χ3n) is 6.20. The van der Waals surface area contributed by atoms with Gasteiger partial charge in [-0.05, 0) is 43.6 Å².